The largest absolute Gasteiger partial charge is 0.496 e. The Kier molecular flexibility index (Phi) is 6.35. The van der Waals surface area contributed by atoms with Gasteiger partial charge in [-0.15, -0.1) is 10.2 Å². The highest BCUT2D eigenvalue weighted by molar-refractivity contribution is 7.98. The number of aromatic nitrogens is 6. The van der Waals surface area contributed by atoms with Crippen LogP contribution in [0.1, 0.15) is 18.4 Å². The van der Waals surface area contributed by atoms with Gasteiger partial charge in [-0.05, 0) is 48.4 Å². The molecule has 8 nitrogen and oxygen atoms in total. The quantitative estimate of drug-likeness (QED) is 0.284. The molecule has 0 saturated heterocycles. The minimum atomic E-state index is 0.448. The SMILES string of the molecule is CCc1ccc(-n2c(SCc3nc(-c4ccccc4OC)no3)nnc2-c2ccncc2)cc1. The molecular weight excluding hydrogens is 448 g/mol. The van der Waals surface area contributed by atoms with E-state index in [1.165, 1.54) is 17.3 Å². The molecule has 34 heavy (non-hydrogen) atoms. The molecule has 0 amide bonds. The molecule has 3 heterocycles. The van der Waals surface area contributed by atoms with Gasteiger partial charge in [0.15, 0.2) is 11.0 Å². The van der Waals surface area contributed by atoms with Gasteiger partial charge in [0, 0.05) is 23.6 Å². The monoisotopic (exact) mass is 470 g/mol. The fourth-order valence-electron chi connectivity index (χ4n) is 3.54. The first kappa shape index (κ1) is 21.8. The lowest BCUT2D eigenvalue weighted by Gasteiger charge is -2.10. The van der Waals surface area contributed by atoms with Gasteiger partial charge in [-0.1, -0.05) is 48.1 Å². The average molecular weight is 471 g/mol. The molecule has 2 aromatic carbocycles. The number of para-hydroxylation sites is 1. The summed E-state index contributed by atoms with van der Waals surface area (Å²) in [7, 11) is 1.62. The summed E-state index contributed by atoms with van der Waals surface area (Å²) in [5, 5.41) is 13.8. The Labute approximate surface area is 201 Å². The Morgan fingerprint density at radius 3 is 2.53 bits per heavy atom. The molecule has 0 saturated carbocycles. The third kappa shape index (κ3) is 4.42. The molecular formula is C25H22N6O2S. The summed E-state index contributed by atoms with van der Waals surface area (Å²) < 4.78 is 13.0. The van der Waals surface area contributed by atoms with Crippen molar-refractivity contribution >= 4 is 11.8 Å². The van der Waals surface area contributed by atoms with Crippen molar-refractivity contribution in [3.05, 3.63) is 84.5 Å². The van der Waals surface area contributed by atoms with Gasteiger partial charge in [-0.25, -0.2) is 0 Å². The molecule has 0 aliphatic carbocycles. The summed E-state index contributed by atoms with van der Waals surface area (Å²) >= 11 is 1.49. The predicted octanol–water partition coefficient (Wildman–Crippen LogP) is 5.24. The second kappa shape index (κ2) is 9.88. The van der Waals surface area contributed by atoms with Gasteiger partial charge in [0.25, 0.3) is 0 Å². The topological polar surface area (TPSA) is 91.8 Å². The number of hydrogen-bond donors (Lipinski definition) is 0. The van der Waals surface area contributed by atoms with E-state index in [9.17, 15) is 0 Å². The fraction of sp³-hybridized carbons (Fsp3) is 0.160. The third-order valence-corrected chi connectivity index (χ3v) is 6.23. The van der Waals surface area contributed by atoms with Crippen LogP contribution in [-0.2, 0) is 12.2 Å². The van der Waals surface area contributed by atoms with Gasteiger partial charge in [0.2, 0.25) is 11.7 Å². The van der Waals surface area contributed by atoms with E-state index < -0.39 is 0 Å². The first-order valence-corrected chi connectivity index (χ1v) is 11.8. The number of pyridine rings is 1. The van der Waals surface area contributed by atoms with Crippen molar-refractivity contribution in [1.29, 1.82) is 0 Å². The highest BCUT2D eigenvalue weighted by Gasteiger charge is 2.18. The zero-order valence-corrected chi connectivity index (χ0v) is 19.6. The summed E-state index contributed by atoms with van der Waals surface area (Å²) in [6.07, 6.45) is 4.48. The van der Waals surface area contributed by atoms with Gasteiger partial charge in [-0.2, -0.15) is 4.98 Å². The lowest BCUT2D eigenvalue weighted by Crippen LogP contribution is -2.00. The lowest BCUT2D eigenvalue weighted by molar-refractivity contribution is 0.390. The number of methoxy groups -OCH3 is 1. The van der Waals surface area contributed by atoms with Gasteiger partial charge in [0.05, 0.1) is 18.4 Å². The van der Waals surface area contributed by atoms with Crippen molar-refractivity contribution in [2.45, 2.75) is 24.3 Å². The van der Waals surface area contributed by atoms with Crippen molar-refractivity contribution in [3.63, 3.8) is 0 Å². The molecule has 0 aliphatic rings. The summed E-state index contributed by atoms with van der Waals surface area (Å²) in [5.74, 6) is 2.87. The molecule has 3 aromatic heterocycles. The van der Waals surface area contributed by atoms with Crippen LogP contribution >= 0.6 is 11.8 Å². The Bertz CT molecular complexity index is 1380. The maximum atomic E-state index is 5.50. The van der Waals surface area contributed by atoms with E-state index in [-0.39, 0.29) is 0 Å². The molecule has 0 fully saturated rings. The van der Waals surface area contributed by atoms with Crippen LogP contribution in [0.4, 0.5) is 0 Å². The van der Waals surface area contributed by atoms with Crippen molar-refractivity contribution < 1.29 is 9.26 Å². The standard InChI is InChI=1S/C25H22N6O2S/c1-3-17-8-10-19(11-9-17)31-24(18-12-14-26-15-13-18)28-29-25(31)34-16-22-27-23(30-33-22)20-6-4-5-7-21(20)32-2/h4-15H,3,16H2,1-2H3. The number of benzene rings is 2. The van der Waals surface area contributed by atoms with Crippen LogP contribution in [0, 0.1) is 0 Å². The van der Waals surface area contributed by atoms with Crippen molar-refractivity contribution in [1.82, 2.24) is 29.9 Å². The molecule has 5 rings (SSSR count). The molecule has 0 bridgehead atoms. The van der Waals surface area contributed by atoms with Gasteiger partial charge >= 0.3 is 0 Å². The fourth-order valence-corrected chi connectivity index (χ4v) is 4.33. The van der Waals surface area contributed by atoms with Crippen LogP contribution in [0.2, 0.25) is 0 Å². The maximum absolute atomic E-state index is 5.50. The molecule has 0 aliphatic heterocycles. The number of hydrogen-bond acceptors (Lipinski definition) is 8. The normalized spacial score (nSPS) is 11.0. The number of aryl methyl sites for hydroxylation is 1. The molecule has 0 unspecified atom stereocenters. The minimum Gasteiger partial charge on any atom is -0.496 e. The molecule has 0 radical (unpaired) electrons. The summed E-state index contributed by atoms with van der Waals surface area (Å²) in [5.41, 5.74) is 3.97. The Morgan fingerprint density at radius 1 is 0.971 bits per heavy atom. The van der Waals surface area contributed by atoms with Crippen LogP contribution in [0.25, 0.3) is 28.5 Å². The van der Waals surface area contributed by atoms with Gasteiger partial charge in [0.1, 0.15) is 5.75 Å². The summed E-state index contributed by atoms with van der Waals surface area (Å²) in [6, 6.07) is 19.8. The van der Waals surface area contributed by atoms with E-state index in [0.29, 0.717) is 23.2 Å². The van der Waals surface area contributed by atoms with E-state index in [1.807, 2.05) is 41.0 Å². The first-order chi connectivity index (χ1) is 16.8. The number of thioether (sulfide) groups is 1. The minimum absolute atomic E-state index is 0.448. The van der Waals surface area contributed by atoms with Crippen molar-refractivity contribution in [2.75, 3.05) is 7.11 Å². The van der Waals surface area contributed by atoms with E-state index >= 15 is 0 Å². The second-order valence-electron chi connectivity index (χ2n) is 7.40. The van der Waals surface area contributed by atoms with E-state index in [1.54, 1.807) is 19.5 Å². The van der Waals surface area contributed by atoms with Gasteiger partial charge in [-0.3, -0.25) is 9.55 Å². The number of rotatable bonds is 8. The summed E-state index contributed by atoms with van der Waals surface area (Å²) in [6.45, 7) is 2.14. The van der Waals surface area contributed by atoms with Crippen LogP contribution in [0.3, 0.4) is 0 Å². The first-order valence-electron chi connectivity index (χ1n) is 10.8. The van der Waals surface area contributed by atoms with Crippen LogP contribution < -0.4 is 4.74 Å². The Morgan fingerprint density at radius 2 is 1.76 bits per heavy atom. The summed E-state index contributed by atoms with van der Waals surface area (Å²) in [4.78, 5) is 8.67. The maximum Gasteiger partial charge on any atom is 0.237 e. The molecule has 170 valence electrons. The zero-order chi connectivity index (χ0) is 23.3. The second-order valence-corrected chi connectivity index (χ2v) is 8.34. The van der Waals surface area contributed by atoms with Crippen molar-refractivity contribution in [2.24, 2.45) is 0 Å². The van der Waals surface area contributed by atoms with Crippen LogP contribution in [0.5, 0.6) is 5.75 Å². The number of nitrogens with zero attached hydrogens (tertiary/aromatic N) is 6. The third-order valence-electron chi connectivity index (χ3n) is 5.32. The molecule has 5 aromatic rings. The average Bonchev–Trinajstić information content (AvgIpc) is 3.55. The lowest BCUT2D eigenvalue weighted by atomic mass is 10.1. The van der Waals surface area contributed by atoms with Gasteiger partial charge < -0.3 is 9.26 Å². The van der Waals surface area contributed by atoms with Crippen LogP contribution in [-0.4, -0.2) is 37.0 Å². The highest BCUT2D eigenvalue weighted by Crippen LogP contribution is 2.31. The van der Waals surface area contributed by atoms with Crippen molar-refractivity contribution in [3.8, 4) is 34.2 Å². The Hall–Kier alpha value is -3.98. The predicted molar refractivity (Wildman–Crippen MR) is 130 cm³/mol. The van der Waals surface area contributed by atoms with E-state index in [4.69, 9.17) is 9.26 Å². The molecule has 0 N–H and O–H groups in total. The van der Waals surface area contributed by atoms with E-state index in [2.05, 4.69) is 56.5 Å². The molecule has 0 spiro atoms. The van der Waals surface area contributed by atoms with Crippen LogP contribution in [0.15, 0.2) is 82.7 Å². The smallest absolute Gasteiger partial charge is 0.237 e. The molecule has 0 atom stereocenters. The zero-order valence-electron chi connectivity index (χ0n) is 18.8. The molecule has 9 heteroatoms. The highest BCUT2D eigenvalue weighted by atomic mass is 32.2. The Balaban J connectivity index is 1.44. The number of ether oxygens (including phenoxy) is 1. The van der Waals surface area contributed by atoms with E-state index in [0.717, 1.165) is 34.2 Å².